The van der Waals surface area contributed by atoms with E-state index < -0.39 is 13.9 Å². The van der Waals surface area contributed by atoms with E-state index >= 15 is 0 Å². The Labute approximate surface area is 61.0 Å². The average molecular weight is 167 g/mol. The van der Waals surface area contributed by atoms with E-state index in [0.29, 0.717) is 6.61 Å². The maximum absolute atomic E-state index is 10.6. The molecule has 0 aromatic heterocycles. The summed E-state index contributed by atoms with van der Waals surface area (Å²) < 4.78 is 20.0. The molecule has 10 heavy (non-hydrogen) atoms. The highest BCUT2D eigenvalue weighted by molar-refractivity contribution is 7.39. The van der Waals surface area contributed by atoms with Gasteiger partial charge >= 0.3 is 8.03 Å². The largest absolute Gasteiger partial charge is 0.539 e. The Morgan fingerprint density at radius 2 is 2.20 bits per heavy atom. The van der Waals surface area contributed by atoms with Gasteiger partial charge in [-0.3, -0.25) is 0 Å². The van der Waals surface area contributed by atoms with Crippen LogP contribution < -0.4 is 0 Å². The molecule has 0 aliphatic carbocycles. The van der Waals surface area contributed by atoms with Crippen LogP contribution in [0.1, 0.15) is 6.92 Å². The molecular formula is C5H12O4P+. The zero-order valence-corrected chi connectivity index (χ0v) is 7.01. The van der Waals surface area contributed by atoms with Gasteiger partial charge in [-0.05, 0) is 4.57 Å². The van der Waals surface area contributed by atoms with Crippen molar-refractivity contribution < 1.29 is 18.9 Å². The molecule has 0 amide bonds. The van der Waals surface area contributed by atoms with Gasteiger partial charge < -0.3 is 9.84 Å². The van der Waals surface area contributed by atoms with Gasteiger partial charge in [-0.1, -0.05) is 0 Å². The third-order valence-corrected chi connectivity index (χ3v) is 1.86. The summed E-state index contributed by atoms with van der Waals surface area (Å²) in [5.74, 6) is -0.896. The van der Waals surface area contributed by atoms with Gasteiger partial charge in [0.2, 0.25) is 0 Å². The molecule has 0 aliphatic rings. The minimum absolute atomic E-state index is 0.261. The van der Waals surface area contributed by atoms with E-state index in [1.165, 1.54) is 14.0 Å². The van der Waals surface area contributed by atoms with Crippen molar-refractivity contribution in [3.05, 3.63) is 0 Å². The van der Waals surface area contributed by atoms with Crippen molar-refractivity contribution in [1.29, 1.82) is 0 Å². The van der Waals surface area contributed by atoms with Crippen LogP contribution in [0.5, 0.6) is 0 Å². The van der Waals surface area contributed by atoms with E-state index in [2.05, 4.69) is 9.26 Å². The first-order valence-corrected chi connectivity index (χ1v) is 4.19. The molecular weight excluding hydrogens is 155 g/mol. The standard InChI is InChI=1S/C5H12O4P/c1-5(6)10(7)9-4-3-8-2/h5-6H,3-4H2,1-2H3/q+1. The van der Waals surface area contributed by atoms with Crippen molar-refractivity contribution >= 4 is 8.03 Å². The smallest absolute Gasteiger partial charge is 0.382 e. The monoisotopic (exact) mass is 167 g/mol. The fraction of sp³-hybridized carbons (Fsp3) is 1.00. The third-order valence-electron chi connectivity index (χ3n) is 0.811. The zero-order chi connectivity index (χ0) is 7.98. The van der Waals surface area contributed by atoms with Gasteiger partial charge in [-0.2, -0.15) is 0 Å². The summed E-state index contributed by atoms with van der Waals surface area (Å²) in [6.45, 7) is 2.08. The van der Waals surface area contributed by atoms with Crippen LogP contribution in [0.25, 0.3) is 0 Å². The van der Waals surface area contributed by atoms with Crippen LogP contribution >= 0.6 is 8.03 Å². The maximum atomic E-state index is 10.6. The highest BCUT2D eigenvalue weighted by Gasteiger charge is 2.24. The number of rotatable bonds is 5. The van der Waals surface area contributed by atoms with Crippen molar-refractivity contribution in [1.82, 2.24) is 0 Å². The van der Waals surface area contributed by atoms with Gasteiger partial charge in [-0.15, -0.1) is 4.52 Å². The minimum atomic E-state index is -1.93. The van der Waals surface area contributed by atoms with Crippen molar-refractivity contribution in [2.75, 3.05) is 20.3 Å². The first kappa shape index (κ1) is 9.98. The molecule has 60 valence electrons. The predicted octanol–water partition coefficient (Wildman–Crippen LogP) is 0.730. The summed E-state index contributed by atoms with van der Waals surface area (Å²) in [5.41, 5.74) is 0. The van der Waals surface area contributed by atoms with Crippen LogP contribution in [0.4, 0.5) is 0 Å². The minimum Gasteiger partial charge on any atom is -0.382 e. The number of aliphatic hydroxyl groups is 1. The first-order chi connectivity index (χ1) is 4.68. The van der Waals surface area contributed by atoms with Crippen molar-refractivity contribution in [2.24, 2.45) is 0 Å². The van der Waals surface area contributed by atoms with E-state index in [9.17, 15) is 4.57 Å². The second kappa shape index (κ2) is 5.74. The first-order valence-electron chi connectivity index (χ1n) is 2.94. The second-order valence-corrected chi connectivity index (χ2v) is 3.32. The summed E-state index contributed by atoms with van der Waals surface area (Å²) in [4.78, 5) is 0. The van der Waals surface area contributed by atoms with Crippen LogP contribution in [0.3, 0.4) is 0 Å². The summed E-state index contributed by atoms with van der Waals surface area (Å²) in [5, 5.41) is 8.67. The Morgan fingerprint density at radius 3 is 2.60 bits per heavy atom. The molecule has 0 rings (SSSR count). The Morgan fingerprint density at radius 1 is 1.60 bits per heavy atom. The number of hydrogen-bond acceptors (Lipinski definition) is 4. The van der Waals surface area contributed by atoms with Crippen LogP contribution in [0, 0.1) is 0 Å². The third kappa shape index (κ3) is 4.82. The number of ether oxygens (including phenoxy) is 1. The van der Waals surface area contributed by atoms with Gasteiger partial charge in [0.05, 0.1) is 6.61 Å². The van der Waals surface area contributed by atoms with E-state index in [-0.39, 0.29) is 6.61 Å². The van der Waals surface area contributed by atoms with Gasteiger partial charge in [-0.25, -0.2) is 0 Å². The lowest BCUT2D eigenvalue weighted by Crippen LogP contribution is -2.00. The Balaban J connectivity index is 3.22. The number of aliphatic hydroxyl groups excluding tert-OH is 1. The van der Waals surface area contributed by atoms with E-state index in [0.717, 1.165) is 0 Å². The highest BCUT2D eigenvalue weighted by atomic mass is 31.1. The highest BCUT2D eigenvalue weighted by Crippen LogP contribution is 2.26. The van der Waals surface area contributed by atoms with Crippen LogP contribution in [0.2, 0.25) is 0 Å². The molecule has 0 radical (unpaired) electrons. The molecule has 0 saturated carbocycles. The Bertz CT molecular complexity index is 104. The number of hydrogen-bond donors (Lipinski definition) is 1. The van der Waals surface area contributed by atoms with Crippen molar-refractivity contribution in [3.63, 3.8) is 0 Å². The van der Waals surface area contributed by atoms with E-state index in [1.807, 2.05) is 0 Å². The molecule has 1 N–H and O–H groups in total. The molecule has 0 aromatic carbocycles. The van der Waals surface area contributed by atoms with E-state index in [4.69, 9.17) is 5.11 Å². The number of methoxy groups -OCH3 is 1. The van der Waals surface area contributed by atoms with Crippen molar-refractivity contribution in [3.8, 4) is 0 Å². The lowest BCUT2D eigenvalue weighted by Gasteiger charge is -1.91. The van der Waals surface area contributed by atoms with Crippen LogP contribution in [-0.2, 0) is 13.8 Å². The molecule has 0 spiro atoms. The Hall–Kier alpha value is -0.0200. The summed E-state index contributed by atoms with van der Waals surface area (Å²) in [7, 11) is -0.399. The molecule has 0 fully saturated rings. The average Bonchev–Trinajstić information content (AvgIpc) is 1.88. The molecule has 2 atom stereocenters. The second-order valence-electron chi connectivity index (χ2n) is 1.74. The molecule has 5 heteroatoms. The summed E-state index contributed by atoms with van der Waals surface area (Å²) in [6.07, 6.45) is 0. The van der Waals surface area contributed by atoms with Crippen LogP contribution in [0.15, 0.2) is 0 Å². The predicted molar refractivity (Wildman–Crippen MR) is 37.1 cm³/mol. The quantitative estimate of drug-likeness (QED) is 0.484. The fourth-order valence-electron chi connectivity index (χ4n) is 0.318. The van der Waals surface area contributed by atoms with Gasteiger partial charge in [0.25, 0.3) is 5.85 Å². The lowest BCUT2D eigenvalue weighted by molar-refractivity contribution is 0.143. The maximum Gasteiger partial charge on any atom is 0.539 e. The SMILES string of the molecule is COCCO[P+](=O)C(C)O. The molecule has 2 unspecified atom stereocenters. The molecule has 0 heterocycles. The van der Waals surface area contributed by atoms with Crippen LogP contribution in [-0.4, -0.2) is 31.3 Å². The molecule has 0 aromatic rings. The molecule has 0 bridgehead atoms. The topological polar surface area (TPSA) is 55.8 Å². The molecule has 0 aliphatic heterocycles. The summed E-state index contributed by atoms with van der Waals surface area (Å²) in [6, 6.07) is 0. The van der Waals surface area contributed by atoms with Crippen molar-refractivity contribution in [2.45, 2.75) is 12.8 Å². The fourth-order valence-corrected chi connectivity index (χ4v) is 0.789. The normalized spacial score (nSPS) is 14.9. The molecule has 0 saturated heterocycles. The lowest BCUT2D eigenvalue weighted by atomic mass is 10.8. The molecule has 4 nitrogen and oxygen atoms in total. The van der Waals surface area contributed by atoms with Gasteiger partial charge in [0.15, 0.2) is 0 Å². The van der Waals surface area contributed by atoms with E-state index in [1.54, 1.807) is 0 Å². The Kier molecular flexibility index (Phi) is 5.73. The van der Waals surface area contributed by atoms with Gasteiger partial charge in [0, 0.05) is 14.0 Å². The summed E-state index contributed by atoms with van der Waals surface area (Å²) >= 11 is 0. The zero-order valence-electron chi connectivity index (χ0n) is 6.11. The van der Waals surface area contributed by atoms with Gasteiger partial charge in [0.1, 0.15) is 6.61 Å².